The summed E-state index contributed by atoms with van der Waals surface area (Å²) in [5, 5.41) is 3.87. The van der Waals surface area contributed by atoms with Crippen LogP contribution in [0.15, 0.2) is 22.7 Å². The van der Waals surface area contributed by atoms with Gasteiger partial charge in [0, 0.05) is 37.5 Å². The van der Waals surface area contributed by atoms with E-state index in [2.05, 4.69) is 15.0 Å². The lowest BCUT2D eigenvalue weighted by Crippen LogP contribution is -2.59. The van der Waals surface area contributed by atoms with E-state index in [-0.39, 0.29) is 11.7 Å². The largest absolute Gasteiger partial charge is 0.339 e. The first kappa shape index (κ1) is 16.6. The van der Waals surface area contributed by atoms with Crippen LogP contribution in [0, 0.1) is 12.7 Å². The Morgan fingerprint density at radius 1 is 1.42 bits per heavy atom. The van der Waals surface area contributed by atoms with Gasteiger partial charge in [-0.25, -0.2) is 4.39 Å². The Labute approximate surface area is 140 Å². The number of hydrogen-bond acceptors (Lipinski definition) is 5. The molecule has 1 aromatic carbocycles. The van der Waals surface area contributed by atoms with E-state index in [0.29, 0.717) is 41.7 Å². The van der Waals surface area contributed by atoms with E-state index in [9.17, 15) is 9.18 Å². The van der Waals surface area contributed by atoms with Crippen molar-refractivity contribution in [1.82, 2.24) is 19.9 Å². The monoisotopic (exact) mass is 332 g/mol. The van der Waals surface area contributed by atoms with Crippen molar-refractivity contribution in [3.8, 4) is 11.4 Å². The number of likely N-dealkylation sites (tertiary alicyclic amines) is 1. The van der Waals surface area contributed by atoms with Crippen LogP contribution in [0.1, 0.15) is 17.9 Å². The van der Waals surface area contributed by atoms with Crippen molar-refractivity contribution < 1.29 is 13.7 Å². The molecule has 24 heavy (non-hydrogen) atoms. The van der Waals surface area contributed by atoms with Gasteiger partial charge in [0.05, 0.1) is 0 Å². The highest BCUT2D eigenvalue weighted by molar-refractivity contribution is 5.77. The molecule has 2 aromatic rings. The fourth-order valence-corrected chi connectivity index (χ4v) is 2.56. The molecule has 1 saturated heterocycles. The lowest BCUT2D eigenvalue weighted by molar-refractivity contribution is -0.137. The number of rotatable bonds is 5. The molecule has 0 bridgehead atoms. The summed E-state index contributed by atoms with van der Waals surface area (Å²) in [6, 6.07) is 5.26. The number of halogens is 1. The first-order valence-corrected chi connectivity index (χ1v) is 7.97. The van der Waals surface area contributed by atoms with Crippen molar-refractivity contribution in [2.24, 2.45) is 0 Å². The minimum atomic E-state index is -0.303. The van der Waals surface area contributed by atoms with E-state index in [1.165, 1.54) is 6.07 Å². The zero-order valence-corrected chi connectivity index (χ0v) is 14.1. The molecule has 1 amide bonds. The van der Waals surface area contributed by atoms with E-state index < -0.39 is 0 Å². The molecular weight excluding hydrogens is 311 g/mol. The van der Waals surface area contributed by atoms with Gasteiger partial charge in [0.1, 0.15) is 5.82 Å². The Kier molecular flexibility index (Phi) is 4.62. The van der Waals surface area contributed by atoms with Crippen LogP contribution in [-0.4, -0.2) is 59.1 Å². The highest BCUT2D eigenvalue weighted by atomic mass is 19.1. The maximum absolute atomic E-state index is 13.6. The van der Waals surface area contributed by atoms with Gasteiger partial charge in [-0.1, -0.05) is 17.3 Å². The minimum absolute atomic E-state index is 0.0919. The molecule has 1 aromatic heterocycles. The Bertz CT molecular complexity index is 738. The average molecular weight is 332 g/mol. The van der Waals surface area contributed by atoms with E-state index >= 15 is 0 Å². The quantitative estimate of drug-likeness (QED) is 0.837. The standard InChI is InChI=1S/C17H21FN4O2/c1-11-4-5-12(8-14(11)18)17-19-15(24-20-17)6-7-16(23)22-9-13(10-22)21(2)3/h4-5,8,13H,6-7,9-10H2,1-3H3. The minimum Gasteiger partial charge on any atom is -0.339 e. The molecule has 3 rings (SSSR count). The van der Waals surface area contributed by atoms with Crippen LogP contribution in [0.4, 0.5) is 4.39 Å². The fourth-order valence-electron chi connectivity index (χ4n) is 2.56. The van der Waals surface area contributed by atoms with Gasteiger partial charge in [0.2, 0.25) is 17.6 Å². The molecule has 0 spiro atoms. The molecule has 0 atom stereocenters. The third kappa shape index (κ3) is 3.46. The summed E-state index contributed by atoms with van der Waals surface area (Å²) in [5.41, 5.74) is 1.13. The van der Waals surface area contributed by atoms with Crippen molar-refractivity contribution in [2.75, 3.05) is 27.2 Å². The van der Waals surface area contributed by atoms with Crippen LogP contribution < -0.4 is 0 Å². The zero-order chi connectivity index (χ0) is 17.3. The second-order valence-electron chi connectivity index (χ2n) is 6.39. The van der Waals surface area contributed by atoms with E-state index in [4.69, 9.17) is 4.52 Å². The second-order valence-corrected chi connectivity index (χ2v) is 6.39. The van der Waals surface area contributed by atoms with Gasteiger partial charge in [-0.15, -0.1) is 0 Å². The first-order valence-electron chi connectivity index (χ1n) is 7.97. The summed E-state index contributed by atoms with van der Waals surface area (Å²) in [6.07, 6.45) is 0.730. The predicted octanol–water partition coefficient (Wildman–Crippen LogP) is 1.89. The molecule has 1 aliphatic heterocycles. The van der Waals surface area contributed by atoms with Crippen LogP contribution in [-0.2, 0) is 11.2 Å². The van der Waals surface area contributed by atoms with Crippen LogP contribution in [0.3, 0.4) is 0 Å². The molecule has 0 N–H and O–H groups in total. The summed E-state index contributed by atoms with van der Waals surface area (Å²) in [6.45, 7) is 3.23. The van der Waals surface area contributed by atoms with E-state index in [1.54, 1.807) is 19.1 Å². The number of likely N-dealkylation sites (N-methyl/N-ethyl adjacent to an activating group) is 1. The van der Waals surface area contributed by atoms with E-state index in [1.807, 2.05) is 19.0 Å². The number of hydrogen-bond donors (Lipinski definition) is 0. The van der Waals surface area contributed by atoms with Crippen LogP contribution in [0.5, 0.6) is 0 Å². The van der Waals surface area contributed by atoms with Crippen molar-refractivity contribution in [1.29, 1.82) is 0 Å². The molecule has 0 saturated carbocycles. The number of carbonyl (C=O) groups excluding carboxylic acids is 1. The van der Waals surface area contributed by atoms with Crippen LogP contribution in [0.2, 0.25) is 0 Å². The number of benzene rings is 1. The SMILES string of the molecule is Cc1ccc(-c2noc(CCC(=O)N3CC(N(C)C)C3)n2)cc1F. The van der Waals surface area contributed by atoms with Crippen LogP contribution >= 0.6 is 0 Å². The molecule has 128 valence electrons. The summed E-state index contributed by atoms with van der Waals surface area (Å²) in [7, 11) is 4.03. The molecule has 2 heterocycles. The maximum atomic E-state index is 13.6. The highest BCUT2D eigenvalue weighted by Crippen LogP contribution is 2.20. The van der Waals surface area contributed by atoms with Gasteiger partial charge in [0.25, 0.3) is 0 Å². The molecule has 6 nitrogen and oxygen atoms in total. The van der Waals surface area contributed by atoms with E-state index in [0.717, 1.165) is 13.1 Å². The lowest BCUT2D eigenvalue weighted by atomic mass is 10.1. The van der Waals surface area contributed by atoms with Gasteiger partial charge >= 0.3 is 0 Å². The fraction of sp³-hybridized carbons (Fsp3) is 0.471. The Morgan fingerprint density at radius 2 is 2.17 bits per heavy atom. The van der Waals surface area contributed by atoms with Gasteiger partial charge in [-0.2, -0.15) is 4.98 Å². The Balaban J connectivity index is 1.55. The highest BCUT2D eigenvalue weighted by Gasteiger charge is 2.31. The second kappa shape index (κ2) is 6.68. The van der Waals surface area contributed by atoms with Crippen LogP contribution in [0.25, 0.3) is 11.4 Å². The molecule has 0 aliphatic carbocycles. The van der Waals surface area contributed by atoms with Gasteiger partial charge in [-0.3, -0.25) is 4.79 Å². The number of aryl methyl sites for hydroxylation is 2. The van der Waals surface area contributed by atoms with Crippen molar-refractivity contribution >= 4 is 5.91 Å². The van der Waals surface area contributed by atoms with Crippen molar-refractivity contribution in [3.63, 3.8) is 0 Å². The summed E-state index contributed by atoms with van der Waals surface area (Å²) < 4.78 is 18.8. The zero-order valence-electron chi connectivity index (χ0n) is 14.1. The lowest BCUT2D eigenvalue weighted by Gasteiger charge is -2.42. The third-order valence-corrected chi connectivity index (χ3v) is 4.40. The molecule has 0 unspecified atom stereocenters. The van der Waals surface area contributed by atoms with Gasteiger partial charge in [-0.05, 0) is 32.6 Å². The predicted molar refractivity (Wildman–Crippen MR) is 86.8 cm³/mol. The molecule has 7 heteroatoms. The number of aromatic nitrogens is 2. The van der Waals surface area contributed by atoms with Gasteiger partial charge in [0.15, 0.2) is 0 Å². The molecular formula is C17H21FN4O2. The molecule has 1 aliphatic rings. The average Bonchev–Trinajstić information content (AvgIpc) is 2.95. The van der Waals surface area contributed by atoms with Gasteiger partial charge < -0.3 is 14.3 Å². The number of nitrogens with zero attached hydrogens (tertiary/aromatic N) is 4. The summed E-state index contributed by atoms with van der Waals surface area (Å²) in [4.78, 5) is 20.3. The number of carbonyl (C=O) groups is 1. The molecule has 1 fully saturated rings. The molecule has 0 radical (unpaired) electrons. The topological polar surface area (TPSA) is 62.5 Å². The first-order chi connectivity index (χ1) is 11.4. The third-order valence-electron chi connectivity index (χ3n) is 4.40. The van der Waals surface area contributed by atoms with Crippen molar-refractivity contribution in [3.05, 3.63) is 35.5 Å². The normalized spacial score (nSPS) is 15.0. The number of amides is 1. The maximum Gasteiger partial charge on any atom is 0.227 e. The Morgan fingerprint density at radius 3 is 2.83 bits per heavy atom. The summed E-state index contributed by atoms with van der Waals surface area (Å²) in [5.74, 6) is 0.522. The smallest absolute Gasteiger partial charge is 0.227 e. The van der Waals surface area contributed by atoms with Crippen molar-refractivity contribution in [2.45, 2.75) is 25.8 Å². The Hall–Kier alpha value is -2.28. The summed E-state index contributed by atoms with van der Waals surface area (Å²) >= 11 is 0.